The van der Waals surface area contributed by atoms with Gasteiger partial charge in [0.05, 0.1) is 5.38 Å². The van der Waals surface area contributed by atoms with Gasteiger partial charge >= 0.3 is 0 Å². The van der Waals surface area contributed by atoms with Gasteiger partial charge in [-0.15, -0.1) is 22.9 Å². The van der Waals surface area contributed by atoms with Gasteiger partial charge in [0.15, 0.2) is 0 Å². The van der Waals surface area contributed by atoms with Gasteiger partial charge in [0.25, 0.3) is 0 Å². The Morgan fingerprint density at radius 2 is 2.07 bits per heavy atom. The van der Waals surface area contributed by atoms with Crippen molar-refractivity contribution in [3.8, 4) is 0 Å². The minimum atomic E-state index is 0.184. The molecule has 0 aliphatic heterocycles. The molecule has 1 heterocycles. The highest BCUT2D eigenvalue weighted by molar-refractivity contribution is 7.10. The van der Waals surface area contributed by atoms with Crippen LogP contribution in [0.5, 0.6) is 0 Å². The molecule has 2 atom stereocenters. The van der Waals surface area contributed by atoms with Gasteiger partial charge < -0.3 is 0 Å². The van der Waals surface area contributed by atoms with E-state index in [1.165, 1.54) is 4.88 Å². The SMILES string of the molecule is CC(CC(Cl)c1cccs1)C(C)(C)C. The second-order valence-electron chi connectivity index (χ2n) is 4.99. The van der Waals surface area contributed by atoms with Gasteiger partial charge in [0.2, 0.25) is 0 Å². The summed E-state index contributed by atoms with van der Waals surface area (Å²) in [5, 5.41) is 2.27. The number of halogens is 1. The Hall–Kier alpha value is -0.0100. The van der Waals surface area contributed by atoms with Crippen LogP contribution in [0, 0.1) is 11.3 Å². The van der Waals surface area contributed by atoms with Gasteiger partial charge in [0, 0.05) is 4.88 Å². The highest BCUT2D eigenvalue weighted by atomic mass is 35.5. The molecular weight excluding hydrogens is 212 g/mol. The fourth-order valence-corrected chi connectivity index (χ4v) is 2.46. The first kappa shape index (κ1) is 12.1. The van der Waals surface area contributed by atoms with Gasteiger partial charge in [-0.05, 0) is 29.2 Å². The van der Waals surface area contributed by atoms with Crippen molar-refractivity contribution in [2.24, 2.45) is 11.3 Å². The Balaban J connectivity index is 2.53. The fraction of sp³-hybridized carbons (Fsp3) is 0.667. The zero-order chi connectivity index (χ0) is 10.8. The zero-order valence-corrected chi connectivity index (χ0v) is 11.0. The molecular formula is C12H19ClS. The van der Waals surface area contributed by atoms with E-state index in [9.17, 15) is 0 Å². The van der Waals surface area contributed by atoms with Crippen LogP contribution in [-0.4, -0.2) is 0 Å². The van der Waals surface area contributed by atoms with Gasteiger partial charge in [-0.3, -0.25) is 0 Å². The first-order valence-corrected chi connectivity index (χ1v) is 6.40. The molecule has 2 heteroatoms. The van der Waals surface area contributed by atoms with Crippen LogP contribution >= 0.6 is 22.9 Å². The Kier molecular flexibility index (Phi) is 4.03. The lowest BCUT2D eigenvalue weighted by molar-refractivity contribution is 0.245. The fourth-order valence-electron chi connectivity index (χ4n) is 1.25. The van der Waals surface area contributed by atoms with Crippen molar-refractivity contribution in [2.45, 2.75) is 39.5 Å². The Labute approximate surface area is 96.3 Å². The van der Waals surface area contributed by atoms with Gasteiger partial charge in [-0.25, -0.2) is 0 Å². The van der Waals surface area contributed by atoms with Crippen LogP contribution in [0.3, 0.4) is 0 Å². The van der Waals surface area contributed by atoms with Gasteiger partial charge in [-0.2, -0.15) is 0 Å². The Morgan fingerprint density at radius 3 is 2.50 bits per heavy atom. The van der Waals surface area contributed by atoms with Gasteiger partial charge in [0.1, 0.15) is 0 Å². The molecule has 0 N–H and O–H groups in total. The van der Waals surface area contributed by atoms with Crippen LogP contribution in [0.2, 0.25) is 0 Å². The third-order valence-corrected chi connectivity index (χ3v) is 4.42. The maximum atomic E-state index is 6.36. The summed E-state index contributed by atoms with van der Waals surface area (Å²) in [7, 11) is 0. The molecule has 0 radical (unpaired) electrons. The first-order valence-electron chi connectivity index (χ1n) is 5.08. The molecule has 0 bridgehead atoms. The van der Waals surface area contributed by atoms with E-state index in [1.54, 1.807) is 11.3 Å². The van der Waals surface area contributed by atoms with Crippen LogP contribution in [-0.2, 0) is 0 Å². The molecule has 2 unspecified atom stereocenters. The molecule has 0 aliphatic carbocycles. The topological polar surface area (TPSA) is 0 Å². The molecule has 0 amide bonds. The largest absolute Gasteiger partial charge is 0.147 e. The molecule has 1 aromatic heterocycles. The molecule has 0 nitrogen and oxygen atoms in total. The minimum absolute atomic E-state index is 0.184. The van der Waals surface area contributed by atoms with Crippen molar-refractivity contribution in [3.05, 3.63) is 22.4 Å². The molecule has 80 valence electrons. The summed E-state index contributed by atoms with van der Waals surface area (Å²) in [6, 6.07) is 4.19. The molecule has 0 saturated carbocycles. The number of hydrogen-bond donors (Lipinski definition) is 0. The zero-order valence-electron chi connectivity index (χ0n) is 9.38. The van der Waals surface area contributed by atoms with E-state index in [-0.39, 0.29) is 5.38 Å². The maximum absolute atomic E-state index is 6.36. The average molecular weight is 231 g/mol. The smallest absolute Gasteiger partial charge is 0.0681 e. The highest BCUT2D eigenvalue weighted by Gasteiger charge is 2.23. The predicted octanol–water partition coefficient (Wildman–Crippen LogP) is 5.10. The first-order chi connectivity index (χ1) is 6.41. The average Bonchev–Trinajstić information content (AvgIpc) is 2.53. The minimum Gasteiger partial charge on any atom is -0.147 e. The number of hydrogen-bond acceptors (Lipinski definition) is 1. The third kappa shape index (κ3) is 3.29. The Bertz CT molecular complexity index is 258. The van der Waals surface area contributed by atoms with Crippen LogP contribution in [0.1, 0.15) is 44.4 Å². The lowest BCUT2D eigenvalue weighted by Gasteiger charge is -2.28. The van der Waals surface area contributed by atoms with E-state index in [0.29, 0.717) is 11.3 Å². The van der Waals surface area contributed by atoms with Crippen molar-refractivity contribution in [2.75, 3.05) is 0 Å². The second kappa shape index (κ2) is 4.67. The normalized spacial score (nSPS) is 16.6. The van der Waals surface area contributed by atoms with Crippen LogP contribution in [0.25, 0.3) is 0 Å². The van der Waals surface area contributed by atoms with Crippen molar-refractivity contribution in [1.82, 2.24) is 0 Å². The van der Waals surface area contributed by atoms with Crippen LogP contribution in [0.15, 0.2) is 17.5 Å². The van der Waals surface area contributed by atoms with E-state index in [2.05, 4.69) is 45.2 Å². The summed E-state index contributed by atoms with van der Waals surface area (Å²) in [6.07, 6.45) is 1.06. The second-order valence-corrected chi connectivity index (χ2v) is 6.49. The standard InChI is InChI=1S/C12H19ClS/c1-9(12(2,3)4)8-10(13)11-6-5-7-14-11/h5-7,9-10H,8H2,1-4H3. The summed E-state index contributed by atoms with van der Waals surface area (Å²) in [6.45, 7) is 9.10. The third-order valence-electron chi connectivity index (χ3n) is 2.89. The lowest BCUT2D eigenvalue weighted by Crippen LogP contribution is -2.18. The van der Waals surface area contributed by atoms with E-state index in [1.807, 2.05) is 0 Å². The molecule has 0 fully saturated rings. The molecule has 1 aromatic rings. The van der Waals surface area contributed by atoms with E-state index in [4.69, 9.17) is 11.6 Å². The van der Waals surface area contributed by atoms with Crippen LogP contribution < -0.4 is 0 Å². The highest BCUT2D eigenvalue weighted by Crippen LogP contribution is 2.37. The number of rotatable bonds is 3. The van der Waals surface area contributed by atoms with E-state index in [0.717, 1.165) is 6.42 Å². The van der Waals surface area contributed by atoms with E-state index < -0.39 is 0 Å². The molecule has 0 spiro atoms. The van der Waals surface area contributed by atoms with Crippen LogP contribution in [0.4, 0.5) is 0 Å². The summed E-state index contributed by atoms with van der Waals surface area (Å²) in [5.74, 6) is 0.645. The summed E-state index contributed by atoms with van der Waals surface area (Å²) in [5.41, 5.74) is 0.352. The summed E-state index contributed by atoms with van der Waals surface area (Å²) >= 11 is 8.11. The summed E-state index contributed by atoms with van der Waals surface area (Å²) in [4.78, 5) is 1.29. The molecule has 0 aliphatic rings. The van der Waals surface area contributed by atoms with Gasteiger partial charge in [-0.1, -0.05) is 33.8 Å². The molecule has 0 aromatic carbocycles. The predicted molar refractivity (Wildman–Crippen MR) is 66.1 cm³/mol. The lowest BCUT2D eigenvalue weighted by atomic mass is 9.79. The van der Waals surface area contributed by atoms with Crippen molar-refractivity contribution in [1.29, 1.82) is 0 Å². The quantitative estimate of drug-likeness (QED) is 0.634. The maximum Gasteiger partial charge on any atom is 0.0681 e. The van der Waals surface area contributed by atoms with E-state index >= 15 is 0 Å². The monoisotopic (exact) mass is 230 g/mol. The molecule has 1 rings (SSSR count). The molecule has 0 saturated heterocycles. The summed E-state index contributed by atoms with van der Waals surface area (Å²) < 4.78 is 0. The Morgan fingerprint density at radius 1 is 1.43 bits per heavy atom. The van der Waals surface area contributed by atoms with Crippen molar-refractivity contribution in [3.63, 3.8) is 0 Å². The number of alkyl halides is 1. The number of thiophene rings is 1. The molecule has 14 heavy (non-hydrogen) atoms. The van der Waals surface area contributed by atoms with Crippen molar-refractivity contribution >= 4 is 22.9 Å². The van der Waals surface area contributed by atoms with Crippen molar-refractivity contribution < 1.29 is 0 Å².